The molecule has 1 atom stereocenters. The lowest BCUT2D eigenvalue weighted by molar-refractivity contribution is 0.449. The van der Waals surface area contributed by atoms with Crippen molar-refractivity contribution in [2.24, 2.45) is 0 Å². The van der Waals surface area contributed by atoms with Crippen molar-refractivity contribution in [3.05, 3.63) is 29.6 Å². The number of nitrogens with one attached hydrogen (secondary N) is 2. The zero-order valence-electron chi connectivity index (χ0n) is 9.80. The molecule has 8 heteroatoms. The van der Waals surface area contributed by atoms with E-state index in [0.29, 0.717) is 6.07 Å². The van der Waals surface area contributed by atoms with Gasteiger partial charge in [-0.3, -0.25) is 4.72 Å². The van der Waals surface area contributed by atoms with E-state index >= 15 is 0 Å². The van der Waals surface area contributed by atoms with Gasteiger partial charge in [-0.15, -0.1) is 0 Å². The Hall–Kier alpha value is -1.28. The van der Waals surface area contributed by atoms with Crippen LogP contribution in [0, 0.1) is 17.5 Å². The highest BCUT2D eigenvalue weighted by atomic mass is 32.2. The van der Waals surface area contributed by atoms with Crippen LogP contribution in [-0.2, 0) is 10.0 Å². The van der Waals surface area contributed by atoms with E-state index in [2.05, 4.69) is 5.32 Å². The highest BCUT2D eigenvalue weighted by Crippen LogP contribution is 2.21. The van der Waals surface area contributed by atoms with Crippen LogP contribution >= 0.6 is 0 Å². The molecule has 1 rings (SSSR count). The summed E-state index contributed by atoms with van der Waals surface area (Å²) in [6, 6.07) is 1.48. The first kappa shape index (κ1) is 14.8. The minimum Gasteiger partial charge on any atom is -0.318 e. The number of hydrogen-bond acceptors (Lipinski definition) is 3. The Labute approximate surface area is 103 Å². The number of rotatable bonds is 5. The average molecular weight is 282 g/mol. The van der Waals surface area contributed by atoms with Crippen LogP contribution in [0.1, 0.15) is 6.92 Å². The van der Waals surface area contributed by atoms with Crippen molar-refractivity contribution < 1.29 is 21.6 Å². The summed E-state index contributed by atoms with van der Waals surface area (Å²) in [5.74, 6) is -4.65. The summed E-state index contributed by atoms with van der Waals surface area (Å²) in [7, 11) is -2.31. The second-order valence-electron chi connectivity index (χ2n) is 3.74. The third kappa shape index (κ3) is 3.14. The Balaban J connectivity index is 3.02. The smallest absolute Gasteiger partial charge is 0.236 e. The number of anilines is 1. The summed E-state index contributed by atoms with van der Waals surface area (Å²) in [5, 5.41) is 1.80. The third-order valence-corrected chi connectivity index (χ3v) is 4.04. The molecule has 0 aliphatic rings. The molecule has 0 aromatic heterocycles. The number of hydrogen-bond donors (Lipinski definition) is 2. The van der Waals surface area contributed by atoms with E-state index in [0.717, 1.165) is 6.07 Å². The van der Waals surface area contributed by atoms with Gasteiger partial charge in [-0.05, 0) is 26.1 Å². The molecular formula is C10H13F3N2O2S. The van der Waals surface area contributed by atoms with E-state index < -0.39 is 38.4 Å². The normalized spacial score (nSPS) is 13.4. The summed E-state index contributed by atoms with van der Waals surface area (Å²) in [6.07, 6.45) is 0. The number of benzene rings is 1. The van der Waals surface area contributed by atoms with Crippen LogP contribution in [-0.4, -0.2) is 27.3 Å². The first-order valence-electron chi connectivity index (χ1n) is 5.09. The average Bonchev–Trinajstić information content (AvgIpc) is 2.30. The van der Waals surface area contributed by atoms with Crippen molar-refractivity contribution in [3.8, 4) is 0 Å². The minimum absolute atomic E-state index is 0.140. The quantitative estimate of drug-likeness (QED) is 0.804. The fourth-order valence-corrected chi connectivity index (χ4v) is 2.31. The lowest BCUT2D eigenvalue weighted by atomic mass is 10.3. The topological polar surface area (TPSA) is 58.2 Å². The predicted octanol–water partition coefficient (Wildman–Crippen LogP) is 1.45. The molecule has 0 fully saturated rings. The summed E-state index contributed by atoms with van der Waals surface area (Å²) >= 11 is 0. The van der Waals surface area contributed by atoms with Crippen LogP contribution in [0.5, 0.6) is 0 Å². The van der Waals surface area contributed by atoms with Gasteiger partial charge < -0.3 is 5.32 Å². The molecule has 0 spiro atoms. The highest BCUT2D eigenvalue weighted by Gasteiger charge is 2.23. The zero-order chi connectivity index (χ0) is 13.9. The highest BCUT2D eigenvalue weighted by molar-refractivity contribution is 7.93. The van der Waals surface area contributed by atoms with Gasteiger partial charge in [0.2, 0.25) is 10.0 Å². The molecule has 18 heavy (non-hydrogen) atoms. The van der Waals surface area contributed by atoms with E-state index in [4.69, 9.17) is 0 Å². The van der Waals surface area contributed by atoms with Crippen molar-refractivity contribution in [2.45, 2.75) is 12.2 Å². The van der Waals surface area contributed by atoms with E-state index in [1.807, 2.05) is 4.72 Å². The van der Waals surface area contributed by atoms with Crippen molar-refractivity contribution in [1.82, 2.24) is 5.32 Å². The van der Waals surface area contributed by atoms with Crippen molar-refractivity contribution in [2.75, 3.05) is 18.3 Å². The molecule has 0 amide bonds. The maximum atomic E-state index is 13.3. The van der Waals surface area contributed by atoms with Gasteiger partial charge in [0, 0.05) is 6.54 Å². The molecule has 4 nitrogen and oxygen atoms in total. The first-order chi connectivity index (χ1) is 8.29. The SMILES string of the molecule is CNCC(C)S(=O)(=O)Nc1ccc(F)c(F)c1F. The molecule has 0 saturated heterocycles. The second kappa shape index (κ2) is 5.57. The summed E-state index contributed by atoms with van der Waals surface area (Å²) in [5.41, 5.74) is -0.614. The van der Waals surface area contributed by atoms with Gasteiger partial charge >= 0.3 is 0 Å². The van der Waals surface area contributed by atoms with Crippen molar-refractivity contribution in [3.63, 3.8) is 0 Å². The fourth-order valence-electron chi connectivity index (χ4n) is 1.26. The van der Waals surface area contributed by atoms with Crippen LogP contribution < -0.4 is 10.0 Å². The fraction of sp³-hybridized carbons (Fsp3) is 0.400. The second-order valence-corrected chi connectivity index (χ2v) is 5.84. The summed E-state index contributed by atoms with van der Waals surface area (Å²) in [6.45, 7) is 1.54. The maximum Gasteiger partial charge on any atom is 0.236 e. The Bertz CT molecular complexity index is 534. The Kier molecular flexibility index (Phi) is 4.58. The molecule has 1 aromatic carbocycles. The monoisotopic (exact) mass is 282 g/mol. The van der Waals surface area contributed by atoms with E-state index in [-0.39, 0.29) is 6.54 Å². The molecule has 0 heterocycles. The predicted molar refractivity (Wildman–Crippen MR) is 62.2 cm³/mol. The largest absolute Gasteiger partial charge is 0.318 e. The minimum atomic E-state index is -3.87. The molecule has 102 valence electrons. The standard InChI is InChI=1S/C10H13F3N2O2S/c1-6(5-14-2)18(16,17)15-8-4-3-7(11)9(12)10(8)13/h3-4,6,14-15H,5H2,1-2H3. The lowest BCUT2D eigenvalue weighted by Crippen LogP contribution is -2.33. The molecule has 1 aromatic rings. The van der Waals surface area contributed by atoms with Crippen LogP contribution in [0.15, 0.2) is 12.1 Å². The van der Waals surface area contributed by atoms with Crippen LogP contribution in [0.25, 0.3) is 0 Å². The Morgan fingerprint density at radius 2 is 1.83 bits per heavy atom. The van der Waals surface area contributed by atoms with Crippen LogP contribution in [0.2, 0.25) is 0 Å². The van der Waals surface area contributed by atoms with Gasteiger partial charge in [-0.25, -0.2) is 21.6 Å². The molecule has 0 saturated carbocycles. The molecule has 0 aliphatic heterocycles. The van der Waals surface area contributed by atoms with Gasteiger partial charge in [0.25, 0.3) is 0 Å². The van der Waals surface area contributed by atoms with Crippen LogP contribution in [0.4, 0.5) is 18.9 Å². The molecular weight excluding hydrogens is 269 g/mol. The van der Waals surface area contributed by atoms with E-state index in [1.54, 1.807) is 7.05 Å². The van der Waals surface area contributed by atoms with E-state index in [9.17, 15) is 21.6 Å². The third-order valence-electron chi connectivity index (χ3n) is 2.31. The Morgan fingerprint density at radius 1 is 1.22 bits per heavy atom. The van der Waals surface area contributed by atoms with Crippen LogP contribution in [0.3, 0.4) is 0 Å². The van der Waals surface area contributed by atoms with E-state index in [1.165, 1.54) is 6.92 Å². The van der Waals surface area contributed by atoms with Gasteiger partial charge in [0.15, 0.2) is 17.5 Å². The van der Waals surface area contributed by atoms with Gasteiger partial charge in [-0.2, -0.15) is 0 Å². The summed E-state index contributed by atoms with van der Waals surface area (Å²) < 4.78 is 64.2. The molecule has 0 aliphatic carbocycles. The number of halogens is 3. The van der Waals surface area contributed by atoms with Gasteiger partial charge in [0.1, 0.15) is 0 Å². The molecule has 1 unspecified atom stereocenters. The maximum absolute atomic E-state index is 13.3. The van der Waals surface area contributed by atoms with Gasteiger partial charge in [-0.1, -0.05) is 0 Å². The summed E-state index contributed by atoms with van der Waals surface area (Å²) in [4.78, 5) is 0. The number of sulfonamides is 1. The molecule has 2 N–H and O–H groups in total. The first-order valence-corrected chi connectivity index (χ1v) is 6.64. The zero-order valence-corrected chi connectivity index (χ0v) is 10.6. The molecule has 0 bridgehead atoms. The lowest BCUT2D eigenvalue weighted by Gasteiger charge is -2.14. The van der Waals surface area contributed by atoms with Crippen molar-refractivity contribution >= 4 is 15.7 Å². The van der Waals surface area contributed by atoms with Gasteiger partial charge in [0.05, 0.1) is 10.9 Å². The Morgan fingerprint density at radius 3 is 2.39 bits per heavy atom. The molecule has 0 radical (unpaired) electrons. The van der Waals surface area contributed by atoms with Crippen molar-refractivity contribution in [1.29, 1.82) is 0 Å².